The number of nitrogens with one attached hydrogen (secondary N) is 1. The van der Waals surface area contributed by atoms with Crippen molar-refractivity contribution in [2.45, 2.75) is 31.7 Å². The molecule has 0 aliphatic rings. The van der Waals surface area contributed by atoms with E-state index < -0.39 is 12.0 Å². The monoisotopic (exact) mass is 369 g/mol. The molecule has 140 valence electrons. The van der Waals surface area contributed by atoms with E-state index in [2.05, 4.69) is 9.97 Å². The highest BCUT2D eigenvalue weighted by atomic mass is 19.3. The van der Waals surface area contributed by atoms with Crippen molar-refractivity contribution in [1.29, 1.82) is 0 Å². The fourth-order valence-electron chi connectivity index (χ4n) is 2.85. The van der Waals surface area contributed by atoms with Crippen LogP contribution >= 0.6 is 0 Å². The van der Waals surface area contributed by atoms with Crippen LogP contribution in [0.25, 0.3) is 11.1 Å². The number of nitrogens with zero attached hydrogens (tertiary/aromatic N) is 1. The third-order valence-electron chi connectivity index (χ3n) is 4.47. The lowest BCUT2D eigenvalue weighted by Gasteiger charge is -2.12. The van der Waals surface area contributed by atoms with Gasteiger partial charge in [0.25, 0.3) is 5.92 Å². The molecular formula is C21H21F2N3O. The van der Waals surface area contributed by atoms with Gasteiger partial charge in [0.15, 0.2) is 5.78 Å². The van der Waals surface area contributed by atoms with Crippen LogP contribution in [0.3, 0.4) is 0 Å². The minimum absolute atomic E-state index is 0.0141. The van der Waals surface area contributed by atoms with Crippen LogP contribution < -0.4 is 5.73 Å². The number of carbonyl (C=O) groups is 1. The number of rotatable bonds is 7. The quantitative estimate of drug-likeness (QED) is 0.664. The third-order valence-corrected chi connectivity index (χ3v) is 4.47. The van der Waals surface area contributed by atoms with Crippen LogP contribution in [0.2, 0.25) is 0 Å². The van der Waals surface area contributed by atoms with Crippen LogP contribution in [0.15, 0.2) is 61.1 Å². The van der Waals surface area contributed by atoms with Gasteiger partial charge in [-0.2, -0.15) is 0 Å². The Bertz CT molecular complexity index is 883. The second kappa shape index (κ2) is 7.80. The maximum atomic E-state index is 13.3. The SMILES string of the molecule is CC(F)(F)c1ccc(-c2ccc(CC(=O)[C@@H](N)Cc3cnc[nH]3)cc2)cc1. The van der Waals surface area contributed by atoms with Gasteiger partial charge >= 0.3 is 0 Å². The zero-order valence-electron chi connectivity index (χ0n) is 15.0. The number of H-pyrrole nitrogens is 1. The second-order valence-corrected chi connectivity index (χ2v) is 6.69. The lowest BCUT2D eigenvalue weighted by atomic mass is 9.97. The van der Waals surface area contributed by atoms with Crippen LogP contribution in [0.4, 0.5) is 8.78 Å². The maximum Gasteiger partial charge on any atom is 0.270 e. The topological polar surface area (TPSA) is 71.8 Å². The minimum atomic E-state index is -2.85. The van der Waals surface area contributed by atoms with Crippen molar-refractivity contribution in [3.8, 4) is 11.1 Å². The standard InChI is InChI=1S/C21H21F2N3O/c1-21(22,23)17-8-6-16(7-9-17)15-4-2-14(3-5-15)10-20(27)19(24)11-18-12-25-13-26-18/h2-9,12-13,19H,10-11,24H2,1H3,(H,25,26)/t19-/m0/s1. The first kappa shape index (κ1) is 18.9. The summed E-state index contributed by atoms with van der Waals surface area (Å²) in [5.74, 6) is -2.90. The highest BCUT2D eigenvalue weighted by Crippen LogP contribution is 2.29. The maximum absolute atomic E-state index is 13.3. The lowest BCUT2D eigenvalue weighted by molar-refractivity contribution is -0.119. The number of aromatic amines is 1. The van der Waals surface area contributed by atoms with Crippen molar-refractivity contribution in [2.75, 3.05) is 0 Å². The van der Waals surface area contributed by atoms with Gasteiger partial charge in [0, 0.05) is 37.2 Å². The van der Waals surface area contributed by atoms with Crippen LogP contribution in [0, 0.1) is 0 Å². The molecule has 0 radical (unpaired) electrons. The van der Waals surface area contributed by atoms with E-state index in [0.29, 0.717) is 6.42 Å². The normalized spacial score (nSPS) is 12.7. The summed E-state index contributed by atoms with van der Waals surface area (Å²) in [5.41, 5.74) is 9.39. The third kappa shape index (κ3) is 4.86. The first-order valence-electron chi connectivity index (χ1n) is 8.66. The molecule has 6 heteroatoms. The first-order valence-corrected chi connectivity index (χ1v) is 8.66. The Morgan fingerprint density at radius 2 is 1.70 bits per heavy atom. The van der Waals surface area contributed by atoms with Crippen LogP contribution in [-0.4, -0.2) is 21.8 Å². The van der Waals surface area contributed by atoms with Gasteiger partial charge in [0.05, 0.1) is 12.4 Å². The summed E-state index contributed by atoms with van der Waals surface area (Å²) < 4.78 is 26.6. The Kier molecular flexibility index (Phi) is 5.46. The molecule has 4 nitrogen and oxygen atoms in total. The largest absolute Gasteiger partial charge is 0.348 e. The number of alkyl halides is 2. The molecule has 0 amide bonds. The van der Waals surface area contributed by atoms with Gasteiger partial charge in [-0.1, -0.05) is 48.5 Å². The van der Waals surface area contributed by atoms with Gasteiger partial charge in [-0.15, -0.1) is 0 Å². The van der Waals surface area contributed by atoms with Gasteiger partial charge in [-0.3, -0.25) is 4.79 Å². The average Bonchev–Trinajstić information content (AvgIpc) is 3.15. The highest BCUT2D eigenvalue weighted by molar-refractivity contribution is 5.86. The molecule has 3 rings (SSSR count). The summed E-state index contributed by atoms with van der Waals surface area (Å²) in [6.45, 7) is 0.880. The van der Waals surface area contributed by atoms with E-state index in [0.717, 1.165) is 29.3 Å². The molecule has 0 saturated carbocycles. The summed E-state index contributed by atoms with van der Waals surface area (Å²) in [4.78, 5) is 19.1. The Balaban J connectivity index is 1.64. The molecule has 1 atom stereocenters. The lowest BCUT2D eigenvalue weighted by Crippen LogP contribution is -2.34. The number of carbonyl (C=O) groups excluding carboxylic acids is 1. The Morgan fingerprint density at radius 1 is 1.11 bits per heavy atom. The number of nitrogens with two attached hydrogens (primary N) is 1. The van der Waals surface area contributed by atoms with E-state index >= 15 is 0 Å². The fourth-order valence-corrected chi connectivity index (χ4v) is 2.85. The van der Waals surface area contributed by atoms with Crippen molar-refractivity contribution < 1.29 is 13.6 Å². The number of benzene rings is 2. The summed E-state index contributed by atoms with van der Waals surface area (Å²) >= 11 is 0. The van der Waals surface area contributed by atoms with Gasteiger partial charge in [-0.25, -0.2) is 13.8 Å². The second-order valence-electron chi connectivity index (χ2n) is 6.69. The van der Waals surface area contributed by atoms with Crippen molar-refractivity contribution in [1.82, 2.24) is 9.97 Å². The van der Waals surface area contributed by atoms with E-state index in [1.165, 1.54) is 12.1 Å². The summed E-state index contributed by atoms with van der Waals surface area (Å²) in [7, 11) is 0. The number of Topliss-reactive ketones (excluding diaryl/α,β-unsaturated/α-hetero) is 1. The minimum Gasteiger partial charge on any atom is -0.348 e. The van der Waals surface area contributed by atoms with E-state index in [1.54, 1.807) is 24.7 Å². The van der Waals surface area contributed by atoms with Crippen LogP contribution in [0.1, 0.15) is 23.7 Å². The Morgan fingerprint density at radius 3 is 2.22 bits per heavy atom. The number of ketones is 1. The van der Waals surface area contributed by atoms with Crippen molar-refractivity contribution >= 4 is 5.78 Å². The molecule has 0 fully saturated rings. The summed E-state index contributed by atoms with van der Waals surface area (Å²) in [6.07, 6.45) is 3.88. The van der Waals surface area contributed by atoms with Crippen molar-refractivity contribution in [3.63, 3.8) is 0 Å². The Hall–Kier alpha value is -2.86. The molecule has 0 aliphatic carbocycles. The molecule has 0 bridgehead atoms. The van der Waals surface area contributed by atoms with Gasteiger partial charge < -0.3 is 10.7 Å². The molecule has 0 saturated heterocycles. The zero-order valence-corrected chi connectivity index (χ0v) is 15.0. The Labute approximate surface area is 156 Å². The molecule has 3 aromatic rings. The van der Waals surface area contributed by atoms with Crippen molar-refractivity contribution in [3.05, 3.63) is 77.9 Å². The van der Waals surface area contributed by atoms with Crippen LogP contribution in [0.5, 0.6) is 0 Å². The average molecular weight is 369 g/mol. The predicted octanol–water partition coefficient (Wildman–Crippen LogP) is 3.87. The number of halogens is 2. The fraction of sp³-hybridized carbons (Fsp3) is 0.238. The van der Waals surface area contributed by atoms with Gasteiger partial charge in [-0.05, 0) is 16.7 Å². The van der Waals surface area contributed by atoms with E-state index in [-0.39, 0.29) is 17.8 Å². The number of imidazole rings is 1. The first-order chi connectivity index (χ1) is 12.8. The number of hydrogen-bond acceptors (Lipinski definition) is 3. The molecule has 1 aromatic heterocycles. The smallest absolute Gasteiger partial charge is 0.270 e. The number of hydrogen-bond donors (Lipinski definition) is 2. The van der Waals surface area contributed by atoms with E-state index in [1.807, 2.05) is 24.3 Å². The van der Waals surface area contributed by atoms with Gasteiger partial charge in [0.2, 0.25) is 0 Å². The predicted molar refractivity (Wildman–Crippen MR) is 100 cm³/mol. The van der Waals surface area contributed by atoms with Gasteiger partial charge in [0.1, 0.15) is 0 Å². The van der Waals surface area contributed by atoms with E-state index in [9.17, 15) is 13.6 Å². The molecule has 0 aliphatic heterocycles. The van der Waals surface area contributed by atoms with E-state index in [4.69, 9.17) is 5.73 Å². The molecule has 3 N–H and O–H groups in total. The zero-order chi connectivity index (χ0) is 19.4. The van der Waals surface area contributed by atoms with Crippen molar-refractivity contribution in [2.24, 2.45) is 5.73 Å². The molecule has 1 heterocycles. The summed E-state index contributed by atoms with van der Waals surface area (Å²) in [5, 5.41) is 0. The highest BCUT2D eigenvalue weighted by Gasteiger charge is 2.23. The summed E-state index contributed by atoms with van der Waals surface area (Å²) in [6, 6.07) is 13.1. The number of aromatic nitrogens is 2. The molecule has 2 aromatic carbocycles. The molecular weight excluding hydrogens is 348 g/mol. The molecule has 27 heavy (non-hydrogen) atoms. The molecule has 0 unspecified atom stereocenters. The molecule has 0 spiro atoms. The van der Waals surface area contributed by atoms with Crippen LogP contribution in [-0.2, 0) is 23.6 Å².